The Morgan fingerprint density at radius 2 is 1.53 bits per heavy atom. The van der Waals surface area contributed by atoms with Crippen molar-refractivity contribution in [3.63, 3.8) is 0 Å². The Morgan fingerprint density at radius 1 is 0.889 bits per heavy atom. The molecule has 1 aliphatic heterocycles. The second-order valence-electron chi connectivity index (χ2n) is 8.52. The number of hydrogen-bond acceptors (Lipinski definition) is 5. The number of nitrogens with one attached hydrogen (secondary N) is 2. The largest absolute Gasteiger partial charge is 0.398 e. The number of para-hydroxylation sites is 1. The minimum absolute atomic E-state index is 0.0868. The van der Waals surface area contributed by atoms with Crippen molar-refractivity contribution in [1.29, 1.82) is 0 Å². The van der Waals surface area contributed by atoms with Gasteiger partial charge in [-0.25, -0.2) is 4.39 Å². The maximum atomic E-state index is 14.4. The normalized spacial score (nSPS) is 14.1. The molecule has 0 aliphatic carbocycles. The van der Waals surface area contributed by atoms with Crippen LogP contribution in [0.4, 0.5) is 21.5 Å². The summed E-state index contributed by atoms with van der Waals surface area (Å²) in [6.45, 7) is 1.20. The van der Waals surface area contributed by atoms with Gasteiger partial charge in [0.2, 0.25) is 0 Å². The smallest absolute Gasteiger partial charge is 0.271 e. The third-order valence-electron chi connectivity index (χ3n) is 5.95. The maximum Gasteiger partial charge on any atom is 0.271 e. The molecule has 4 rings (SSSR count). The van der Waals surface area contributed by atoms with E-state index in [-0.39, 0.29) is 39.5 Å². The summed E-state index contributed by atoms with van der Waals surface area (Å²) in [7, 11) is 0. The lowest BCUT2D eigenvalue weighted by Gasteiger charge is -2.28. The van der Waals surface area contributed by atoms with Crippen molar-refractivity contribution in [3.05, 3.63) is 94.4 Å². The molecule has 1 saturated heterocycles. The van der Waals surface area contributed by atoms with Crippen LogP contribution < -0.4 is 22.1 Å². The van der Waals surface area contributed by atoms with Gasteiger partial charge in [-0.05, 0) is 67.8 Å². The van der Waals surface area contributed by atoms with Gasteiger partial charge in [-0.15, -0.1) is 0 Å². The number of hydrogen-bond donors (Lipinski definition) is 4. The van der Waals surface area contributed by atoms with Crippen LogP contribution in [-0.2, 0) is 4.79 Å². The second kappa shape index (κ2) is 11.1. The van der Waals surface area contributed by atoms with Crippen molar-refractivity contribution in [3.8, 4) is 0 Å². The van der Waals surface area contributed by atoms with Gasteiger partial charge in [0.05, 0.1) is 10.7 Å². The molecule has 7 nitrogen and oxygen atoms in total. The van der Waals surface area contributed by atoms with Gasteiger partial charge in [-0.2, -0.15) is 0 Å². The van der Waals surface area contributed by atoms with E-state index in [0.29, 0.717) is 30.0 Å². The van der Waals surface area contributed by atoms with Gasteiger partial charge in [0.25, 0.3) is 11.8 Å². The van der Waals surface area contributed by atoms with Crippen LogP contribution in [0, 0.1) is 5.82 Å². The molecule has 0 radical (unpaired) electrons. The van der Waals surface area contributed by atoms with E-state index in [1.165, 1.54) is 6.07 Å². The highest BCUT2D eigenvalue weighted by Gasteiger charge is 2.24. The number of benzene rings is 3. The summed E-state index contributed by atoms with van der Waals surface area (Å²) in [4.78, 5) is 27.4. The average molecular weight is 508 g/mol. The predicted molar refractivity (Wildman–Crippen MR) is 142 cm³/mol. The molecule has 3 aromatic rings. The number of amides is 2. The number of carbonyl (C=O) groups is 2. The van der Waals surface area contributed by atoms with E-state index in [2.05, 4.69) is 10.6 Å². The summed E-state index contributed by atoms with van der Waals surface area (Å²) in [5, 5.41) is 5.79. The molecule has 1 heterocycles. The Bertz CT molecular complexity index is 1290. The Labute approximate surface area is 213 Å². The maximum absolute atomic E-state index is 14.4. The number of piperidine rings is 1. The third-order valence-corrected chi connectivity index (χ3v) is 6.24. The number of halogens is 2. The zero-order valence-corrected chi connectivity index (χ0v) is 20.3. The number of nitrogens with two attached hydrogens (primary N) is 2. The number of nitrogens with zero attached hydrogens (tertiary/aromatic N) is 1. The van der Waals surface area contributed by atoms with Crippen molar-refractivity contribution < 1.29 is 14.0 Å². The van der Waals surface area contributed by atoms with Crippen LogP contribution >= 0.6 is 11.6 Å². The summed E-state index contributed by atoms with van der Waals surface area (Å²) in [5.74, 6) is -1.32. The summed E-state index contributed by atoms with van der Waals surface area (Å²) >= 11 is 5.88. The van der Waals surface area contributed by atoms with Crippen molar-refractivity contribution in [2.45, 2.75) is 19.3 Å². The van der Waals surface area contributed by atoms with Gasteiger partial charge in [-0.3, -0.25) is 9.59 Å². The van der Waals surface area contributed by atoms with Crippen LogP contribution in [0.25, 0.3) is 5.70 Å². The Hall–Kier alpha value is -4.04. The summed E-state index contributed by atoms with van der Waals surface area (Å²) in [6.07, 6.45) is 2.84. The SMILES string of the molecule is N/C(C(=O)N1CCCCC1)=C(/Nc1ccc(C(=O)Nc2ccccc2)cc1)c1cc(F)c(Cl)cc1N. The lowest BCUT2D eigenvalue weighted by Crippen LogP contribution is -2.39. The van der Waals surface area contributed by atoms with E-state index in [4.69, 9.17) is 23.1 Å². The average Bonchev–Trinajstić information content (AvgIpc) is 2.90. The van der Waals surface area contributed by atoms with Gasteiger partial charge in [0.15, 0.2) is 0 Å². The lowest BCUT2D eigenvalue weighted by molar-refractivity contribution is -0.128. The Morgan fingerprint density at radius 3 is 2.19 bits per heavy atom. The molecule has 9 heteroatoms. The van der Waals surface area contributed by atoms with Crippen LogP contribution in [0.5, 0.6) is 0 Å². The van der Waals surface area contributed by atoms with Crippen LogP contribution in [-0.4, -0.2) is 29.8 Å². The molecule has 3 aromatic carbocycles. The van der Waals surface area contributed by atoms with Crippen molar-refractivity contribution in [2.75, 3.05) is 29.5 Å². The lowest BCUT2D eigenvalue weighted by atomic mass is 10.0. The van der Waals surface area contributed by atoms with Crippen molar-refractivity contribution in [2.24, 2.45) is 5.73 Å². The molecule has 0 unspecified atom stereocenters. The molecule has 0 aromatic heterocycles. The minimum Gasteiger partial charge on any atom is -0.398 e. The molecule has 0 bridgehead atoms. The topological polar surface area (TPSA) is 113 Å². The number of nitrogen functional groups attached to an aromatic ring is 1. The number of anilines is 3. The number of likely N-dealkylation sites (tertiary alicyclic amines) is 1. The van der Waals surface area contributed by atoms with E-state index < -0.39 is 5.82 Å². The molecule has 0 atom stereocenters. The van der Waals surface area contributed by atoms with E-state index >= 15 is 0 Å². The van der Waals surface area contributed by atoms with E-state index in [1.54, 1.807) is 41.3 Å². The summed E-state index contributed by atoms with van der Waals surface area (Å²) in [6, 6.07) is 18.1. The van der Waals surface area contributed by atoms with Gasteiger partial charge >= 0.3 is 0 Å². The number of carbonyl (C=O) groups excluding carboxylic acids is 2. The first-order valence-electron chi connectivity index (χ1n) is 11.6. The van der Waals surface area contributed by atoms with Crippen LogP contribution in [0.15, 0.2) is 72.4 Å². The van der Waals surface area contributed by atoms with E-state index in [9.17, 15) is 14.0 Å². The highest BCUT2D eigenvalue weighted by atomic mass is 35.5. The monoisotopic (exact) mass is 507 g/mol. The van der Waals surface area contributed by atoms with Crippen molar-refractivity contribution >= 4 is 46.2 Å². The molecule has 36 heavy (non-hydrogen) atoms. The molecular formula is C27H27ClFN5O2. The van der Waals surface area contributed by atoms with Gasteiger partial charge in [0.1, 0.15) is 11.5 Å². The molecule has 2 amide bonds. The van der Waals surface area contributed by atoms with Crippen LogP contribution in [0.2, 0.25) is 5.02 Å². The molecule has 186 valence electrons. The minimum atomic E-state index is -0.689. The fraction of sp³-hybridized carbons (Fsp3) is 0.185. The predicted octanol–water partition coefficient (Wildman–Crippen LogP) is 5.07. The highest BCUT2D eigenvalue weighted by molar-refractivity contribution is 6.31. The fourth-order valence-corrected chi connectivity index (χ4v) is 4.18. The summed E-state index contributed by atoms with van der Waals surface area (Å²) in [5.41, 5.74) is 14.6. The molecule has 0 saturated carbocycles. The van der Waals surface area contributed by atoms with Crippen LogP contribution in [0.1, 0.15) is 35.2 Å². The summed E-state index contributed by atoms with van der Waals surface area (Å²) < 4.78 is 14.4. The Kier molecular flexibility index (Phi) is 7.75. The first-order valence-corrected chi connectivity index (χ1v) is 12.0. The Balaban J connectivity index is 1.63. The van der Waals surface area contributed by atoms with Gasteiger partial charge in [0, 0.05) is 41.3 Å². The van der Waals surface area contributed by atoms with E-state index in [0.717, 1.165) is 25.3 Å². The highest BCUT2D eigenvalue weighted by Crippen LogP contribution is 2.30. The molecule has 1 aliphatic rings. The second-order valence-corrected chi connectivity index (χ2v) is 8.92. The van der Waals surface area contributed by atoms with Gasteiger partial charge < -0.3 is 27.0 Å². The molecule has 1 fully saturated rings. The van der Waals surface area contributed by atoms with Crippen LogP contribution in [0.3, 0.4) is 0 Å². The number of rotatable bonds is 6. The van der Waals surface area contributed by atoms with E-state index in [1.807, 2.05) is 18.2 Å². The molecule has 6 N–H and O–H groups in total. The zero-order chi connectivity index (χ0) is 25.7. The third kappa shape index (κ3) is 5.78. The molecular weight excluding hydrogens is 481 g/mol. The standard InChI is InChI=1S/C27H27ClFN5O2/c28-21-16-23(30)20(15-22(21)29)25(24(31)27(36)34-13-5-2-6-14-34)32-19-11-9-17(10-12-19)26(35)33-18-7-3-1-4-8-18/h1,3-4,7-12,15-16,32H,2,5-6,13-14,30-31H2,(H,33,35)/b25-24+. The molecule has 0 spiro atoms. The van der Waals surface area contributed by atoms with Crippen molar-refractivity contribution in [1.82, 2.24) is 4.90 Å². The fourth-order valence-electron chi connectivity index (χ4n) is 4.01. The van der Waals surface area contributed by atoms with Gasteiger partial charge in [-0.1, -0.05) is 29.8 Å². The zero-order valence-electron chi connectivity index (χ0n) is 19.6. The first kappa shape index (κ1) is 25.1. The quantitative estimate of drug-likeness (QED) is 0.275. The first-order chi connectivity index (χ1) is 17.3.